The largest absolute Gasteiger partial charge is 0.339 e. The highest BCUT2D eigenvalue weighted by molar-refractivity contribution is 7.99. The van der Waals surface area contributed by atoms with Gasteiger partial charge in [0.05, 0.1) is 6.04 Å². The third kappa shape index (κ3) is 2.70. The smallest absolute Gasteiger partial charge is 0.239 e. The molecule has 2 saturated heterocycles. The Bertz CT molecular complexity index is 246. The normalized spacial score (nSPS) is 29.4. The van der Waals surface area contributed by atoms with Gasteiger partial charge in [-0.05, 0) is 19.1 Å². The number of thioether (sulfide) groups is 1. The summed E-state index contributed by atoms with van der Waals surface area (Å²) in [5, 5.41) is 0. The topological polar surface area (TPSA) is 49.6 Å². The molecule has 0 saturated carbocycles. The summed E-state index contributed by atoms with van der Waals surface area (Å²) < 4.78 is 0. The van der Waals surface area contributed by atoms with Gasteiger partial charge in [-0.1, -0.05) is 0 Å². The molecule has 0 aliphatic carbocycles. The minimum Gasteiger partial charge on any atom is -0.339 e. The summed E-state index contributed by atoms with van der Waals surface area (Å²) in [7, 11) is 0. The molecule has 2 rings (SSSR count). The lowest BCUT2D eigenvalue weighted by Gasteiger charge is -2.38. The van der Waals surface area contributed by atoms with Crippen LogP contribution < -0.4 is 5.73 Å². The average molecular weight is 243 g/mol. The van der Waals surface area contributed by atoms with Gasteiger partial charge >= 0.3 is 0 Å². The molecule has 0 spiro atoms. The zero-order chi connectivity index (χ0) is 11.5. The van der Waals surface area contributed by atoms with Gasteiger partial charge in [-0.25, -0.2) is 0 Å². The van der Waals surface area contributed by atoms with Crippen LogP contribution in [-0.4, -0.2) is 65.5 Å². The third-order valence-corrected chi connectivity index (χ3v) is 4.58. The predicted octanol–water partition coefficient (Wildman–Crippen LogP) is -0.0167. The van der Waals surface area contributed by atoms with Gasteiger partial charge in [0, 0.05) is 38.0 Å². The maximum absolute atomic E-state index is 11.7. The highest BCUT2D eigenvalue weighted by Gasteiger charge is 2.28. The first-order valence-corrected chi connectivity index (χ1v) is 7.20. The van der Waals surface area contributed by atoms with E-state index in [1.807, 2.05) is 16.7 Å². The summed E-state index contributed by atoms with van der Waals surface area (Å²) in [5.41, 5.74) is 5.62. The van der Waals surface area contributed by atoms with Crippen LogP contribution in [0.4, 0.5) is 0 Å². The Balaban J connectivity index is 1.80. The minimum atomic E-state index is -0.353. The van der Waals surface area contributed by atoms with Gasteiger partial charge in [0.25, 0.3) is 0 Å². The molecule has 2 aliphatic heterocycles. The van der Waals surface area contributed by atoms with Crippen molar-refractivity contribution < 1.29 is 4.79 Å². The van der Waals surface area contributed by atoms with E-state index in [2.05, 4.69) is 4.90 Å². The molecule has 0 bridgehead atoms. The Morgan fingerprint density at radius 2 is 2.06 bits per heavy atom. The molecule has 2 atom stereocenters. The van der Waals surface area contributed by atoms with Crippen molar-refractivity contribution in [2.75, 3.05) is 37.7 Å². The summed E-state index contributed by atoms with van der Waals surface area (Å²) in [6, 6.07) is 0.395. The molecule has 0 unspecified atom stereocenters. The predicted molar refractivity (Wildman–Crippen MR) is 67.5 cm³/mol. The van der Waals surface area contributed by atoms with Crippen LogP contribution in [0.15, 0.2) is 0 Å². The highest BCUT2D eigenvalue weighted by Crippen LogP contribution is 2.23. The van der Waals surface area contributed by atoms with Crippen LogP contribution in [0, 0.1) is 0 Å². The molecule has 92 valence electrons. The molecule has 5 heteroatoms. The molecule has 4 nitrogen and oxygen atoms in total. The molecule has 0 aromatic carbocycles. The molecule has 16 heavy (non-hydrogen) atoms. The lowest BCUT2D eigenvalue weighted by Crippen LogP contribution is -2.54. The Morgan fingerprint density at radius 3 is 2.56 bits per heavy atom. The Hall–Kier alpha value is -0.260. The van der Waals surface area contributed by atoms with Crippen molar-refractivity contribution in [3.63, 3.8) is 0 Å². The second kappa shape index (κ2) is 5.38. The number of amides is 1. The summed E-state index contributed by atoms with van der Waals surface area (Å²) in [6.07, 6.45) is 1.31. The summed E-state index contributed by atoms with van der Waals surface area (Å²) in [6.45, 7) is 5.50. The van der Waals surface area contributed by atoms with Crippen LogP contribution >= 0.6 is 11.8 Å². The Kier molecular flexibility index (Phi) is 4.10. The fraction of sp³-hybridized carbons (Fsp3) is 0.909. The number of carbonyl (C=O) groups excluding carboxylic acids is 1. The molecule has 2 fully saturated rings. The zero-order valence-corrected chi connectivity index (χ0v) is 10.7. The molecule has 0 aromatic rings. The van der Waals surface area contributed by atoms with E-state index >= 15 is 0 Å². The fourth-order valence-corrected chi connectivity index (χ4v) is 3.66. The quantitative estimate of drug-likeness (QED) is 0.741. The fourth-order valence-electron chi connectivity index (χ4n) is 2.41. The van der Waals surface area contributed by atoms with Gasteiger partial charge < -0.3 is 10.6 Å². The van der Waals surface area contributed by atoms with Crippen LogP contribution in [0.1, 0.15) is 13.3 Å². The monoisotopic (exact) mass is 243 g/mol. The molecule has 2 N–H and O–H groups in total. The summed E-state index contributed by atoms with van der Waals surface area (Å²) >= 11 is 2.05. The van der Waals surface area contributed by atoms with E-state index in [9.17, 15) is 4.79 Å². The zero-order valence-electron chi connectivity index (χ0n) is 9.89. The van der Waals surface area contributed by atoms with Gasteiger partial charge in [-0.3, -0.25) is 9.69 Å². The van der Waals surface area contributed by atoms with E-state index in [4.69, 9.17) is 5.73 Å². The minimum absolute atomic E-state index is 0.0976. The number of carbonyl (C=O) groups is 1. The van der Waals surface area contributed by atoms with E-state index in [-0.39, 0.29) is 11.9 Å². The molecule has 2 aliphatic rings. The second-order valence-corrected chi connectivity index (χ2v) is 5.82. The van der Waals surface area contributed by atoms with Gasteiger partial charge in [0.2, 0.25) is 5.91 Å². The van der Waals surface area contributed by atoms with Crippen LogP contribution in [0.25, 0.3) is 0 Å². The van der Waals surface area contributed by atoms with Gasteiger partial charge in [-0.15, -0.1) is 0 Å². The third-order valence-electron chi connectivity index (χ3n) is 3.44. The maximum atomic E-state index is 11.7. The molecule has 1 amide bonds. The van der Waals surface area contributed by atoms with E-state index < -0.39 is 0 Å². The second-order valence-electron chi connectivity index (χ2n) is 4.67. The van der Waals surface area contributed by atoms with Crippen molar-refractivity contribution >= 4 is 17.7 Å². The van der Waals surface area contributed by atoms with Gasteiger partial charge in [-0.2, -0.15) is 11.8 Å². The van der Waals surface area contributed by atoms with Crippen molar-refractivity contribution in [2.45, 2.75) is 25.4 Å². The lowest BCUT2D eigenvalue weighted by atomic mass is 10.2. The SMILES string of the molecule is C[C@H](N)C(=O)N1CCN([C@H]2CCSC2)CC1. The first-order chi connectivity index (χ1) is 7.68. The van der Waals surface area contributed by atoms with Crippen LogP contribution in [0.5, 0.6) is 0 Å². The number of nitrogens with two attached hydrogens (primary N) is 1. The van der Waals surface area contributed by atoms with E-state index in [0.29, 0.717) is 0 Å². The van der Waals surface area contributed by atoms with Gasteiger partial charge in [0.15, 0.2) is 0 Å². The lowest BCUT2D eigenvalue weighted by molar-refractivity contribution is -0.134. The summed E-state index contributed by atoms with van der Waals surface area (Å²) in [5.74, 6) is 2.66. The van der Waals surface area contributed by atoms with Crippen molar-refractivity contribution in [1.82, 2.24) is 9.80 Å². The first-order valence-electron chi connectivity index (χ1n) is 6.04. The van der Waals surface area contributed by atoms with Crippen LogP contribution in [0.3, 0.4) is 0 Å². The number of hydrogen-bond donors (Lipinski definition) is 1. The van der Waals surface area contributed by atoms with E-state index in [1.54, 1.807) is 6.92 Å². The molecule has 0 radical (unpaired) electrons. The molecule has 2 heterocycles. The van der Waals surface area contributed by atoms with E-state index in [1.165, 1.54) is 17.9 Å². The number of rotatable bonds is 2. The average Bonchev–Trinajstić information content (AvgIpc) is 2.81. The molecular formula is C11H21N3OS. The standard InChI is InChI=1S/C11H21N3OS/c1-9(12)11(15)14-5-3-13(4-6-14)10-2-7-16-8-10/h9-10H,2-8,12H2,1H3/t9-,10-/m0/s1. The van der Waals surface area contributed by atoms with Crippen LogP contribution in [0.2, 0.25) is 0 Å². The van der Waals surface area contributed by atoms with Crippen molar-refractivity contribution in [3.8, 4) is 0 Å². The maximum Gasteiger partial charge on any atom is 0.239 e. The number of piperazine rings is 1. The number of nitrogens with zero attached hydrogens (tertiary/aromatic N) is 2. The van der Waals surface area contributed by atoms with E-state index in [0.717, 1.165) is 32.2 Å². The summed E-state index contributed by atoms with van der Waals surface area (Å²) in [4.78, 5) is 16.1. The van der Waals surface area contributed by atoms with Crippen molar-refractivity contribution in [3.05, 3.63) is 0 Å². The van der Waals surface area contributed by atoms with Gasteiger partial charge in [0.1, 0.15) is 0 Å². The number of hydrogen-bond acceptors (Lipinski definition) is 4. The highest BCUT2D eigenvalue weighted by atomic mass is 32.2. The van der Waals surface area contributed by atoms with Crippen LogP contribution in [-0.2, 0) is 4.79 Å². The van der Waals surface area contributed by atoms with Crippen molar-refractivity contribution in [1.29, 1.82) is 0 Å². The van der Waals surface area contributed by atoms with Crippen molar-refractivity contribution in [2.24, 2.45) is 5.73 Å². The Labute approximate surface area is 102 Å². The molecule has 0 aromatic heterocycles. The molecular weight excluding hydrogens is 222 g/mol. The first kappa shape index (κ1) is 12.2. The Morgan fingerprint density at radius 1 is 1.38 bits per heavy atom.